The molecular weight excluding hydrogens is 316 g/mol. The molecule has 1 heterocycles. The molecule has 0 aliphatic carbocycles. The van der Waals surface area contributed by atoms with Gasteiger partial charge < -0.3 is 14.3 Å². The van der Waals surface area contributed by atoms with E-state index in [4.69, 9.17) is 14.3 Å². The van der Waals surface area contributed by atoms with Crippen LogP contribution < -0.4 is 4.74 Å². The fourth-order valence-electron chi connectivity index (χ4n) is 1.52. The van der Waals surface area contributed by atoms with Crippen molar-refractivity contribution in [1.29, 1.82) is 0 Å². The lowest BCUT2D eigenvalue weighted by molar-refractivity contribution is -0.137. The largest absolute Gasteiger partial charge is 0.496 e. The predicted molar refractivity (Wildman–Crippen MR) is 69.9 cm³/mol. The zero-order chi connectivity index (χ0) is 13.8. The molecule has 0 spiro atoms. The Kier molecular flexibility index (Phi) is 4.16. The van der Waals surface area contributed by atoms with E-state index in [0.29, 0.717) is 23.1 Å². The van der Waals surface area contributed by atoms with E-state index in [0.717, 1.165) is 4.47 Å². The molecule has 0 radical (unpaired) electrons. The van der Waals surface area contributed by atoms with Gasteiger partial charge in [0.2, 0.25) is 5.89 Å². The summed E-state index contributed by atoms with van der Waals surface area (Å²) in [5.41, 5.74) is 0.666. The van der Waals surface area contributed by atoms with Crippen molar-refractivity contribution in [2.75, 3.05) is 7.11 Å². The molecule has 0 aliphatic heterocycles. The summed E-state index contributed by atoms with van der Waals surface area (Å²) < 4.78 is 11.5. The van der Waals surface area contributed by atoms with Crippen LogP contribution in [0.2, 0.25) is 0 Å². The number of carbonyl (C=O) groups is 1. The summed E-state index contributed by atoms with van der Waals surface area (Å²) in [5, 5.41) is 16.3. The first kappa shape index (κ1) is 13.5. The van der Waals surface area contributed by atoms with Gasteiger partial charge in [-0.1, -0.05) is 15.9 Å². The smallest absolute Gasteiger partial charge is 0.303 e. The molecule has 0 saturated heterocycles. The number of aliphatic carboxylic acids is 1. The van der Waals surface area contributed by atoms with E-state index in [9.17, 15) is 4.79 Å². The Labute approximate surface area is 117 Å². The molecule has 7 heteroatoms. The van der Waals surface area contributed by atoms with Crippen LogP contribution in [0, 0.1) is 0 Å². The molecule has 0 saturated carbocycles. The fraction of sp³-hybridized carbons (Fsp3) is 0.250. The van der Waals surface area contributed by atoms with Crippen LogP contribution in [0.4, 0.5) is 0 Å². The van der Waals surface area contributed by atoms with Crippen molar-refractivity contribution in [1.82, 2.24) is 10.2 Å². The van der Waals surface area contributed by atoms with E-state index < -0.39 is 5.97 Å². The number of hydrogen-bond donors (Lipinski definition) is 1. The van der Waals surface area contributed by atoms with Gasteiger partial charge in [-0.15, -0.1) is 10.2 Å². The first-order chi connectivity index (χ1) is 9.10. The van der Waals surface area contributed by atoms with Gasteiger partial charge in [-0.05, 0) is 18.2 Å². The number of carboxylic acid groups (broad SMARTS) is 1. The van der Waals surface area contributed by atoms with Gasteiger partial charge in [0.25, 0.3) is 5.89 Å². The highest BCUT2D eigenvalue weighted by atomic mass is 79.9. The van der Waals surface area contributed by atoms with Crippen LogP contribution in [0.15, 0.2) is 27.1 Å². The van der Waals surface area contributed by atoms with Crippen LogP contribution in [-0.2, 0) is 11.2 Å². The number of hydrogen-bond acceptors (Lipinski definition) is 5. The molecule has 19 heavy (non-hydrogen) atoms. The van der Waals surface area contributed by atoms with Gasteiger partial charge in [-0.2, -0.15) is 0 Å². The summed E-state index contributed by atoms with van der Waals surface area (Å²) in [5.74, 6) is 0.302. The summed E-state index contributed by atoms with van der Waals surface area (Å²) >= 11 is 3.34. The Hall–Kier alpha value is -1.89. The Morgan fingerprint density at radius 1 is 1.47 bits per heavy atom. The van der Waals surface area contributed by atoms with Gasteiger partial charge in [0, 0.05) is 10.9 Å². The lowest BCUT2D eigenvalue weighted by atomic mass is 10.2. The average molecular weight is 327 g/mol. The molecular formula is C12H11BrN2O4. The van der Waals surface area contributed by atoms with Crippen molar-refractivity contribution in [3.05, 3.63) is 28.6 Å². The lowest BCUT2D eigenvalue weighted by Gasteiger charge is -2.04. The maximum Gasteiger partial charge on any atom is 0.303 e. The van der Waals surface area contributed by atoms with Gasteiger partial charge >= 0.3 is 5.97 Å². The molecule has 2 rings (SSSR count). The highest BCUT2D eigenvalue weighted by molar-refractivity contribution is 9.10. The van der Waals surface area contributed by atoms with Crippen LogP contribution in [0.3, 0.4) is 0 Å². The van der Waals surface area contributed by atoms with Gasteiger partial charge in [-0.25, -0.2) is 0 Å². The molecule has 1 aromatic heterocycles. The summed E-state index contributed by atoms with van der Waals surface area (Å²) in [7, 11) is 1.55. The molecule has 0 fully saturated rings. The molecule has 6 nitrogen and oxygen atoms in total. The third-order valence-electron chi connectivity index (χ3n) is 2.41. The topological polar surface area (TPSA) is 85.5 Å². The summed E-state index contributed by atoms with van der Waals surface area (Å²) in [6, 6.07) is 5.41. The van der Waals surface area contributed by atoms with E-state index >= 15 is 0 Å². The third kappa shape index (κ3) is 3.31. The maximum absolute atomic E-state index is 10.5. The number of carboxylic acids is 1. The van der Waals surface area contributed by atoms with Crippen molar-refractivity contribution in [2.24, 2.45) is 0 Å². The zero-order valence-corrected chi connectivity index (χ0v) is 11.7. The molecule has 0 bridgehead atoms. The summed E-state index contributed by atoms with van der Waals surface area (Å²) in [6.07, 6.45) is 0.167. The van der Waals surface area contributed by atoms with Crippen LogP contribution in [0.1, 0.15) is 12.3 Å². The first-order valence-electron chi connectivity index (χ1n) is 5.48. The number of nitrogens with zero attached hydrogens (tertiary/aromatic N) is 2. The van der Waals surface area contributed by atoms with Crippen molar-refractivity contribution >= 4 is 21.9 Å². The molecule has 2 aromatic rings. The minimum atomic E-state index is -0.902. The van der Waals surface area contributed by atoms with Crippen molar-refractivity contribution in [3.63, 3.8) is 0 Å². The third-order valence-corrected chi connectivity index (χ3v) is 2.91. The molecule has 1 aromatic carbocycles. The second kappa shape index (κ2) is 5.83. The van der Waals surface area contributed by atoms with Gasteiger partial charge in [0.05, 0.1) is 19.1 Å². The molecule has 0 unspecified atom stereocenters. The lowest BCUT2D eigenvalue weighted by Crippen LogP contribution is -1.97. The van der Waals surface area contributed by atoms with Gasteiger partial charge in [-0.3, -0.25) is 4.79 Å². The van der Waals surface area contributed by atoms with Crippen LogP contribution in [0.25, 0.3) is 11.5 Å². The van der Waals surface area contributed by atoms with Crippen molar-refractivity contribution in [3.8, 4) is 17.2 Å². The second-order valence-corrected chi connectivity index (χ2v) is 4.65. The maximum atomic E-state index is 10.5. The van der Waals surface area contributed by atoms with E-state index in [1.165, 1.54) is 0 Å². The van der Waals surface area contributed by atoms with E-state index in [-0.39, 0.29) is 12.8 Å². The standard InChI is InChI=1S/C12H11BrN2O4/c1-18-9-6-7(13)2-3-8(9)12-15-14-10(19-12)4-5-11(16)17/h2-3,6H,4-5H2,1H3,(H,16,17). The van der Waals surface area contributed by atoms with Crippen molar-refractivity contribution in [2.45, 2.75) is 12.8 Å². The Morgan fingerprint density at radius 2 is 2.26 bits per heavy atom. The molecule has 0 atom stereocenters. The zero-order valence-electron chi connectivity index (χ0n) is 10.1. The number of rotatable bonds is 5. The molecule has 1 N–H and O–H groups in total. The second-order valence-electron chi connectivity index (χ2n) is 3.74. The number of aryl methyl sites for hydroxylation is 1. The Morgan fingerprint density at radius 3 is 2.95 bits per heavy atom. The SMILES string of the molecule is COc1cc(Br)ccc1-c1nnc(CCC(=O)O)o1. The Bertz CT molecular complexity index is 597. The number of halogens is 1. The molecule has 100 valence electrons. The number of aromatic nitrogens is 2. The quantitative estimate of drug-likeness (QED) is 0.908. The highest BCUT2D eigenvalue weighted by Crippen LogP contribution is 2.31. The van der Waals surface area contributed by atoms with E-state index in [1.54, 1.807) is 19.2 Å². The number of benzene rings is 1. The van der Waals surface area contributed by atoms with Gasteiger partial charge in [0.15, 0.2) is 0 Å². The number of ether oxygens (including phenoxy) is 1. The van der Waals surface area contributed by atoms with Crippen molar-refractivity contribution < 1.29 is 19.1 Å². The predicted octanol–water partition coefficient (Wildman–Crippen LogP) is 2.52. The minimum absolute atomic E-state index is 0.0426. The first-order valence-corrected chi connectivity index (χ1v) is 6.27. The normalized spacial score (nSPS) is 10.4. The van der Waals surface area contributed by atoms with Gasteiger partial charge in [0.1, 0.15) is 5.75 Å². The summed E-state index contributed by atoms with van der Waals surface area (Å²) in [6.45, 7) is 0. The Balaban J connectivity index is 2.25. The minimum Gasteiger partial charge on any atom is -0.496 e. The van der Waals surface area contributed by atoms with Crippen LogP contribution in [0.5, 0.6) is 5.75 Å². The van der Waals surface area contributed by atoms with Crippen LogP contribution >= 0.6 is 15.9 Å². The summed E-state index contributed by atoms with van der Waals surface area (Å²) in [4.78, 5) is 10.5. The highest BCUT2D eigenvalue weighted by Gasteiger charge is 2.14. The molecule has 0 aliphatic rings. The van der Waals surface area contributed by atoms with E-state index in [1.807, 2.05) is 6.07 Å². The average Bonchev–Trinajstić information content (AvgIpc) is 2.84. The number of methoxy groups -OCH3 is 1. The molecule has 0 amide bonds. The monoisotopic (exact) mass is 326 g/mol. The van der Waals surface area contributed by atoms with Crippen LogP contribution in [-0.4, -0.2) is 28.4 Å². The fourth-order valence-corrected chi connectivity index (χ4v) is 1.86. The van der Waals surface area contributed by atoms with E-state index in [2.05, 4.69) is 26.1 Å².